The zero-order valence-corrected chi connectivity index (χ0v) is 10.3. The van der Waals surface area contributed by atoms with Crippen LogP contribution >= 0.6 is 0 Å². The number of aromatic nitrogens is 1. The van der Waals surface area contributed by atoms with Crippen molar-refractivity contribution in [1.29, 1.82) is 0 Å². The van der Waals surface area contributed by atoms with E-state index >= 15 is 0 Å². The number of aromatic amines is 1. The average molecular weight is 233 g/mol. The zero-order chi connectivity index (χ0) is 12.1. The lowest BCUT2D eigenvalue weighted by Gasteiger charge is -2.06. The molecule has 0 radical (unpaired) electrons. The molecular formula is C13H19N3O. The van der Waals surface area contributed by atoms with E-state index < -0.39 is 0 Å². The summed E-state index contributed by atoms with van der Waals surface area (Å²) < 4.78 is 0. The summed E-state index contributed by atoms with van der Waals surface area (Å²) in [6, 6.07) is 0. The zero-order valence-electron chi connectivity index (χ0n) is 10.3. The number of nitrogens with one attached hydrogen (secondary N) is 2. The van der Waals surface area contributed by atoms with Gasteiger partial charge in [0.2, 0.25) is 0 Å². The van der Waals surface area contributed by atoms with Crippen LogP contribution < -0.4 is 5.32 Å². The molecule has 1 aromatic heterocycles. The van der Waals surface area contributed by atoms with E-state index in [0.717, 1.165) is 24.3 Å². The molecule has 0 spiro atoms. The molecule has 0 amide bonds. The largest absolute Gasteiger partial charge is 0.357 e. The molecule has 4 heteroatoms. The highest BCUT2D eigenvalue weighted by molar-refractivity contribution is 6.09. The molecule has 2 rings (SSSR count). The molecule has 0 fully saturated rings. The van der Waals surface area contributed by atoms with Crippen LogP contribution in [0.15, 0.2) is 11.2 Å². The maximum atomic E-state index is 11.6. The standard InChI is InChI=1S/C13H19N3O/c1-2-3-4-6-14-8-10-9-16-13-11(17)5-7-15-12(10)13/h7,9,14,16H,2-6,8H2,1H3. The van der Waals surface area contributed by atoms with Crippen molar-refractivity contribution < 1.29 is 4.79 Å². The SMILES string of the molecule is CCCCCNCc1c[nH]c2c1N=CCC2=O. The van der Waals surface area contributed by atoms with Crippen molar-refractivity contribution in [2.75, 3.05) is 6.54 Å². The molecule has 1 aromatic rings. The van der Waals surface area contributed by atoms with Crippen LogP contribution in [0.2, 0.25) is 0 Å². The van der Waals surface area contributed by atoms with Crippen LogP contribution in [0.3, 0.4) is 0 Å². The Bertz CT molecular complexity index is 420. The third-order valence-electron chi connectivity index (χ3n) is 2.98. The Morgan fingerprint density at radius 1 is 1.47 bits per heavy atom. The van der Waals surface area contributed by atoms with E-state index in [-0.39, 0.29) is 5.78 Å². The lowest BCUT2D eigenvalue weighted by molar-refractivity contribution is 0.0997. The van der Waals surface area contributed by atoms with Gasteiger partial charge in [-0.2, -0.15) is 0 Å². The molecule has 1 aliphatic rings. The minimum Gasteiger partial charge on any atom is -0.357 e. The van der Waals surface area contributed by atoms with Gasteiger partial charge in [0.25, 0.3) is 0 Å². The quantitative estimate of drug-likeness (QED) is 0.742. The lowest BCUT2D eigenvalue weighted by Crippen LogP contribution is -2.14. The number of unbranched alkanes of at least 4 members (excludes halogenated alkanes) is 2. The smallest absolute Gasteiger partial charge is 0.186 e. The Kier molecular flexibility index (Phi) is 4.09. The Morgan fingerprint density at radius 2 is 2.35 bits per heavy atom. The molecule has 4 nitrogen and oxygen atoms in total. The summed E-state index contributed by atoms with van der Waals surface area (Å²) in [7, 11) is 0. The van der Waals surface area contributed by atoms with E-state index in [1.807, 2.05) is 6.20 Å². The number of rotatable bonds is 6. The predicted molar refractivity (Wildman–Crippen MR) is 69.1 cm³/mol. The number of Topliss-reactive ketones (excluding diaryl/α,β-unsaturated/α-hetero) is 1. The topological polar surface area (TPSA) is 57.2 Å². The Balaban J connectivity index is 1.90. The first-order valence-electron chi connectivity index (χ1n) is 6.29. The van der Waals surface area contributed by atoms with Crippen molar-refractivity contribution >= 4 is 17.7 Å². The Hall–Kier alpha value is -1.42. The number of nitrogens with zero attached hydrogens (tertiary/aromatic N) is 1. The molecule has 0 unspecified atom stereocenters. The van der Waals surface area contributed by atoms with Crippen LogP contribution in [0.5, 0.6) is 0 Å². The van der Waals surface area contributed by atoms with Gasteiger partial charge < -0.3 is 10.3 Å². The summed E-state index contributed by atoms with van der Waals surface area (Å²) in [6.07, 6.45) is 7.69. The van der Waals surface area contributed by atoms with E-state index in [9.17, 15) is 4.79 Å². The van der Waals surface area contributed by atoms with Crippen molar-refractivity contribution in [3.63, 3.8) is 0 Å². The fraction of sp³-hybridized carbons (Fsp3) is 0.538. The number of fused-ring (bicyclic) bond motifs is 1. The van der Waals surface area contributed by atoms with Crippen molar-refractivity contribution in [3.8, 4) is 0 Å². The molecule has 2 heterocycles. The van der Waals surface area contributed by atoms with Gasteiger partial charge in [0, 0.05) is 30.9 Å². The molecule has 2 N–H and O–H groups in total. The molecule has 0 aliphatic carbocycles. The highest BCUT2D eigenvalue weighted by Gasteiger charge is 2.18. The predicted octanol–water partition coefficient (Wildman–Crippen LogP) is 2.58. The molecule has 17 heavy (non-hydrogen) atoms. The van der Waals surface area contributed by atoms with Gasteiger partial charge in [-0.1, -0.05) is 19.8 Å². The molecule has 92 valence electrons. The number of aliphatic imine (C=N–C) groups is 1. The summed E-state index contributed by atoms with van der Waals surface area (Å²) in [4.78, 5) is 18.9. The van der Waals surface area contributed by atoms with Gasteiger partial charge in [0.05, 0.1) is 5.69 Å². The van der Waals surface area contributed by atoms with Gasteiger partial charge in [0.15, 0.2) is 5.78 Å². The first kappa shape index (κ1) is 12.0. The fourth-order valence-electron chi connectivity index (χ4n) is 2.00. The van der Waals surface area contributed by atoms with E-state index in [1.165, 1.54) is 19.3 Å². The third-order valence-corrected chi connectivity index (χ3v) is 2.98. The lowest BCUT2D eigenvalue weighted by atomic mass is 10.1. The van der Waals surface area contributed by atoms with Gasteiger partial charge >= 0.3 is 0 Å². The summed E-state index contributed by atoms with van der Waals surface area (Å²) in [5.74, 6) is 0.132. The second-order valence-electron chi connectivity index (χ2n) is 4.36. The van der Waals surface area contributed by atoms with Crippen LogP contribution in [-0.4, -0.2) is 23.5 Å². The maximum absolute atomic E-state index is 11.6. The fourth-order valence-corrected chi connectivity index (χ4v) is 2.00. The van der Waals surface area contributed by atoms with E-state index in [2.05, 4.69) is 22.2 Å². The second kappa shape index (κ2) is 5.77. The number of ketones is 1. The van der Waals surface area contributed by atoms with Gasteiger partial charge in [-0.25, -0.2) is 0 Å². The number of H-pyrrole nitrogens is 1. The summed E-state index contributed by atoms with van der Waals surface area (Å²) in [6.45, 7) is 3.99. The molecule has 0 aromatic carbocycles. The minimum absolute atomic E-state index is 0.132. The van der Waals surface area contributed by atoms with Crippen molar-refractivity contribution in [2.24, 2.45) is 4.99 Å². The van der Waals surface area contributed by atoms with E-state index in [0.29, 0.717) is 12.1 Å². The summed E-state index contributed by atoms with van der Waals surface area (Å²) >= 11 is 0. The van der Waals surface area contributed by atoms with Gasteiger partial charge in [-0.15, -0.1) is 0 Å². The molecule has 0 saturated heterocycles. The van der Waals surface area contributed by atoms with Crippen LogP contribution in [0.25, 0.3) is 0 Å². The summed E-state index contributed by atoms with van der Waals surface area (Å²) in [5, 5.41) is 3.38. The minimum atomic E-state index is 0.132. The van der Waals surface area contributed by atoms with Crippen LogP contribution in [-0.2, 0) is 6.54 Å². The molecule has 1 aliphatic heterocycles. The second-order valence-corrected chi connectivity index (χ2v) is 4.36. The van der Waals surface area contributed by atoms with Crippen LogP contribution in [0.1, 0.15) is 48.7 Å². The van der Waals surface area contributed by atoms with Gasteiger partial charge in [-0.3, -0.25) is 9.79 Å². The monoisotopic (exact) mass is 233 g/mol. The number of hydrogen-bond acceptors (Lipinski definition) is 3. The van der Waals surface area contributed by atoms with Crippen molar-refractivity contribution in [3.05, 3.63) is 17.5 Å². The first-order valence-corrected chi connectivity index (χ1v) is 6.29. The number of carbonyl (C=O) groups excluding carboxylic acids is 1. The average Bonchev–Trinajstić information content (AvgIpc) is 2.74. The van der Waals surface area contributed by atoms with Gasteiger partial charge in [-0.05, 0) is 13.0 Å². The molecule has 0 bridgehead atoms. The molecular weight excluding hydrogens is 214 g/mol. The van der Waals surface area contributed by atoms with Crippen LogP contribution in [0.4, 0.5) is 5.69 Å². The number of hydrogen-bond donors (Lipinski definition) is 2. The normalized spacial score (nSPS) is 14.1. The first-order chi connectivity index (χ1) is 8.33. The molecule has 0 atom stereocenters. The number of carbonyl (C=O) groups is 1. The van der Waals surface area contributed by atoms with E-state index in [4.69, 9.17) is 0 Å². The highest BCUT2D eigenvalue weighted by Crippen LogP contribution is 2.27. The van der Waals surface area contributed by atoms with Crippen LogP contribution in [0, 0.1) is 0 Å². The van der Waals surface area contributed by atoms with Crippen molar-refractivity contribution in [1.82, 2.24) is 10.3 Å². The summed E-state index contributed by atoms with van der Waals surface area (Å²) in [5.41, 5.74) is 2.57. The molecule has 0 saturated carbocycles. The van der Waals surface area contributed by atoms with E-state index in [1.54, 1.807) is 6.21 Å². The Labute approximate surface area is 102 Å². The van der Waals surface area contributed by atoms with Crippen molar-refractivity contribution in [2.45, 2.75) is 39.2 Å². The highest BCUT2D eigenvalue weighted by atomic mass is 16.1. The maximum Gasteiger partial charge on any atom is 0.186 e. The van der Waals surface area contributed by atoms with Gasteiger partial charge in [0.1, 0.15) is 5.69 Å². The third kappa shape index (κ3) is 2.82. The Morgan fingerprint density at radius 3 is 3.18 bits per heavy atom.